The van der Waals surface area contributed by atoms with Crippen molar-refractivity contribution in [1.82, 2.24) is 0 Å². The molecule has 0 aromatic heterocycles. The van der Waals surface area contributed by atoms with Crippen LogP contribution in [0.25, 0.3) is 0 Å². The van der Waals surface area contributed by atoms with Crippen LogP contribution in [0.4, 0.5) is 11.4 Å². The first-order chi connectivity index (χ1) is 9.47. The molecule has 108 valence electrons. The summed E-state index contributed by atoms with van der Waals surface area (Å²) in [5.41, 5.74) is -0.454. The maximum Gasteiger partial charge on any atom is 0.333 e. The summed E-state index contributed by atoms with van der Waals surface area (Å²) in [5, 5.41) is 23.2. The number of carbonyl (C=O) groups is 1. The summed E-state index contributed by atoms with van der Waals surface area (Å²) in [6, 6.07) is 4.72. The number of hydrogen-bond donors (Lipinski definition) is 2. The molecule has 0 saturated heterocycles. The van der Waals surface area contributed by atoms with E-state index in [4.69, 9.17) is 9.84 Å². The molecule has 20 heavy (non-hydrogen) atoms. The van der Waals surface area contributed by atoms with E-state index >= 15 is 0 Å². The molecule has 0 radical (unpaired) electrons. The number of nitrogens with zero attached hydrogens (tertiary/aromatic N) is 1. The number of carboxylic acid groups (broad SMARTS) is 1. The molecule has 1 fully saturated rings. The van der Waals surface area contributed by atoms with Gasteiger partial charge in [0.1, 0.15) is 5.69 Å². The van der Waals surface area contributed by atoms with E-state index in [0.29, 0.717) is 18.5 Å². The quantitative estimate of drug-likeness (QED) is 0.613. The Morgan fingerprint density at radius 2 is 2.25 bits per heavy atom. The van der Waals surface area contributed by atoms with Crippen molar-refractivity contribution >= 4 is 17.3 Å². The number of methoxy groups -OCH3 is 1. The van der Waals surface area contributed by atoms with Gasteiger partial charge in [0.25, 0.3) is 0 Å². The van der Waals surface area contributed by atoms with Gasteiger partial charge in [-0.15, -0.1) is 0 Å². The van der Waals surface area contributed by atoms with E-state index in [2.05, 4.69) is 5.32 Å². The maximum absolute atomic E-state index is 11.2. The van der Waals surface area contributed by atoms with Gasteiger partial charge < -0.3 is 15.2 Å². The molecule has 2 N–H and O–H groups in total. The maximum atomic E-state index is 11.2. The zero-order valence-electron chi connectivity index (χ0n) is 11.1. The van der Waals surface area contributed by atoms with Crippen molar-refractivity contribution in [3.05, 3.63) is 28.3 Å². The number of carboxylic acids is 1. The number of benzene rings is 1. The van der Waals surface area contributed by atoms with Gasteiger partial charge >= 0.3 is 11.7 Å². The van der Waals surface area contributed by atoms with E-state index in [1.165, 1.54) is 13.2 Å². The molecule has 0 bridgehead atoms. The van der Waals surface area contributed by atoms with E-state index in [1.807, 2.05) is 0 Å². The van der Waals surface area contributed by atoms with Gasteiger partial charge in [0, 0.05) is 5.54 Å². The largest absolute Gasteiger partial charge is 0.490 e. The van der Waals surface area contributed by atoms with Crippen molar-refractivity contribution in [1.29, 1.82) is 0 Å². The molecule has 0 atom stereocenters. The van der Waals surface area contributed by atoms with Crippen molar-refractivity contribution in [2.45, 2.75) is 31.2 Å². The van der Waals surface area contributed by atoms with Crippen molar-refractivity contribution < 1.29 is 19.6 Å². The Bertz CT molecular complexity index is 540. The number of nitrogens with one attached hydrogen (secondary N) is 1. The Hall–Kier alpha value is -2.31. The minimum absolute atomic E-state index is 0.0542. The lowest BCUT2D eigenvalue weighted by Crippen LogP contribution is -2.46. The van der Waals surface area contributed by atoms with Crippen molar-refractivity contribution in [2.75, 3.05) is 12.4 Å². The van der Waals surface area contributed by atoms with Crippen LogP contribution in [0.2, 0.25) is 0 Å². The molecule has 2 rings (SSSR count). The average molecular weight is 280 g/mol. The van der Waals surface area contributed by atoms with Crippen LogP contribution >= 0.6 is 0 Å². The first kappa shape index (κ1) is 14.1. The van der Waals surface area contributed by atoms with Crippen LogP contribution in [0, 0.1) is 10.1 Å². The van der Waals surface area contributed by atoms with Gasteiger partial charge in [-0.1, -0.05) is 6.07 Å². The predicted octanol–water partition coefficient (Wildman–Crippen LogP) is 2.41. The number of anilines is 1. The van der Waals surface area contributed by atoms with E-state index < -0.39 is 16.4 Å². The molecule has 1 saturated carbocycles. The minimum Gasteiger partial charge on any atom is -0.490 e. The van der Waals surface area contributed by atoms with Crippen LogP contribution in [0.5, 0.6) is 5.75 Å². The van der Waals surface area contributed by atoms with Crippen LogP contribution in [0.15, 0.2) is 18.2 Å². The van der Waals surface area contributed by atoms with E-state index in [9.17, 15) is 14.9 Å². The fraction of sp³-hybridized carbons (Fsp3) is 0.462. The van der Waals surface area contributed by atoms with Crippen LogP contribution in [0.1, 0.15) is 25.7 Å². The number of ether oxygens (including phenoxy) is 1. The van der Waals surface area contributed by atoms with Gasteiger partial charge in [-0.3, -0.25) is 14.9 Å². The fourth-order valence-corrected chi connectivity index (χ4v) is 2.50. The summed E-state index contributed by atoms with van der Waals surface area (Å²) >= 11 is 0. The monoisotopic (exact) mass is 280 g/mol. The number of hydrogen-bond acceptors (Lipinski definition) is 5. The Labute approximate surface area is 115 Å². The molecule has 0 heterocycles. The second-order valence-electron chi connectivity index (χ2n) is 4.94. The molecule has 0 amide bonds. The molecule has 1 aromatic carbocycles. The molecular weight excluding hydrogens is 264 g/mol. The third-order valence-electron chi connectivity index (χ3n) is 3.60. The Balaban J connectivity index is 2.33. The van der Waals surface area contributed by atoms with Gasteiger partial charge in [-0.05, 0) is 31.4 Å². The Kier molecular flexibility index (Phi) is 3.78. The molecule has 0 aliphatic heterocycles. The molecule has 7 nitrogen and oxygen atoms in total. The van der Waals surface area contributed by atoms with Gasteiger partial charge in [-0.25, -0.2) is 0 Å². The second kappa shape index (κ2) is 5.36. The second-order valence-corrected chi connectivity index (χ2v) is 4.94. The fourth-order valence-electron chi connectivity index (χ4n) is 2.50. The molecule has 7 heteroatoms. The van der Waals surface area contributed by atoms with Crippen molar-refractivity contribution in [3.8, 4) is 5.75 Å². The third kappa shape index (κ3) is 2.66. The molecule has 1 aromatic rings. The average Bonchev–Trinajstić information content (AvgIpc) is 2.34. The summed E-state index contributed by atoms with van der Waals surface area (Å²) in [6.07, 6.45) is 2.24. The number of nitro groups is 1. The van der Waals surface area contributed by atoms with Crippen LogP contribution in [-0.2, 0) is 4.79 Å². The summed E-state index contributed by atoms with van der Waals surface area (Å²) in [6.45, 7) is 0. The summed E-state index contributed by atoms with van der Waals surface area (Å²) in [5.74, 6) is -0.757. The zero-order valence-corrected chi connectivity index (χ0v) is 11.1. The standard InChI is InChI=1S/C13H16N2O5/c1-20-10-5-2-4-9(12(10)15(18)19)14-13(6-3-7-13)8-11(16)17/h2,4-5,14H,3,6-8H2,1H3,(H,16,17). The molecule has 0 unspecified atom stereocenters. The highest BCUT2D eigenvalue weighted by Crippen LogP contribution is 2.42. The Morgan fingerprint density at radius 3 is 2.70 bits per heavy atom. The highest BCUT2D eigenvalue weighted by atomic mass is 16.6. The van der Waals surface area contributed by atoms with Crippen LogP contribution in [0.3, 0.4) is 0 Å². The molecule has 1 aliphatic rings. The highest BCUT2D eigenvalue weighted by Gasteiger charge is 2.40. The lowest BCUT2D eigenvalue weighted by Gasteiger charge is -2.42. The molecule has 1 aliphatic carbocycles. The zero-order chi connectivity index (χ0) is 14.8. The van der Waals surface area contributed by atoms with Crippen molar-refractivity contribution in [3.63, 3.8) is 0 Å². The number of rotatable bonds is 6. The van der Waals surface area contributed by atoms with Gasteiger partial charge in [0.2, 0.25) is 0 Å². The minimum atomic E-state index is -0.914. The number of nitro benzene ring substituents is 1. The highest BCUT2D eigenvalue weighted by molar-refractivity contribution is 5.73. The first-order valence-corrected chi connectivity index (χ1v) is 6.29. The predicted molar refractivity (Wildman–Crippen MR) is 72.1 cm³/mol. The summed E-state index contributed by atoms with van der Waals surface area (Å²) in [4.78, 5) is 21.6. The molecular formula is C13H16N2O5. The van der Waals surface area contributed by atoms with E-state index in [-0.39, 0.29) is 17.9 Å². The van der Waals surface area contributed by atoms with Gasteiger partial charge in [0.15, 0.2) is 5.75 Å². The van der Waals surface area contributed by atoms with Crippen LogP contribution in [-0.4, -0.2) is 28.6 Å². The SMILES string of the molecule is COc1cccc(NC2(CC(=O)O)CCC2)c1[N+](=O)[O-]. The lowest BCUT2D eigenvalue weighted by atomic mass is 9.74. The lowest BCUT2D eigenvalue weighted by molar-refractivity contribution is -0.384. The molecule has 0 spiro atoms. The smallest absolute Gasteiger partial charge is 0.333 e. The van der Waals surface area contributed by atoms with Crippen molar-refractivity contribution in [2.24, 2.45) is 0 Å². The number of aliphatic carboxylic acids is 1. The van der Waals surface area contributed by atoms with Crippen LogP contribution < -0.4 is 10.1 Å². The van der Waals surface area contributed by atoms with E-state index in [1.54, 1.807) is 12.1 Å². The normalized spacial score (nSPS) is 16.1. The summed E-state index contributed by atoms with van der Waals surface area (Å²) in [7, 11) is 1.36. The van der Waals surface area contributed by atoms with Gasteiger partial charge in [-0.2, -0.15) is 0 Å². The van der Waals surface area contributed by atoms with E-state index in [0.717, 1.165) is 6.42 Å². The first-order valence-electron chi connectivity index (χ1n) is 6.29. The number of para-hydroxylation sites is 1. The van der Waals surface area contributed by atoms with Gasteiger partial charge in [0.05, 0.1) is 18.5 Å². The Morgan fingerprint density at radius 1 is 1.55 bits per heavy atom. The third-order valence-corrected chi connectivity index (χ3v) is 3.60. The summed E-state index contributed by atoms with van der Waals surface area (Å²) < 4.78 is 5.00. The topological polar surface area (TPSA) is 102 Å².